The molecule has 2 aromatic rings. The summed E-state index contributed by atoms with van der Waals surface area (Å²) in [5.41, 5.74) is 1.97. The van der Waals surface area contributed by atoms with Gasteiger partial charge in [0.2, 0.25) is 5.82 Å². The van der Waals surface area contributed by atoms with Crippen LogP contribution in [0, 0.1) is 34.7 Å². The average molecular weight is 366 g/mol. The van der Waals surface area contributed by atoms with E-state index < -0.39 is 4.92 Å². The number of aromatic nitrogens is 1. The highest BCUT2D eigenvalue weighted by Crippen LogP contribution is 2.26. The highest BCUT2D eigenvalue weighted by molar-refractivity contribution is 5.57. The second-order valence-electron chi connectivity index (χ2n) is 6.24. The van der Waals surface area contributed by atoms with Gasteiger partial charge < -0.3 is 9.80 Å². The molecule has 0 saturated carbocycles. The zero-order valence-electron chi connectivity index (χ0n) is 15.0. The van der Waals surface area contributed by atoms with Gasteiger partial charge in [-0.1, -0.05) is 12.5 Å². The smallest absolute Gasteiger partial charge is 0.311 e. The molecule has 0 N–H and O–H groups in total. The molecule has 2 heterocycles. The third-order valence-electron chi connectivity index (χ3n) is 4.43. The van der Waals surface area contributed by atoms with Crippen molar-refractivity contribution < 1.29 is 9.31 Å². The van der Waals surface area contributed by atoms with Crippen LogP contribution in [-0.4, -0.2) is 41.0 Å². The summed E-state index contributed by atoms with van der Waals surface area (Å²) in [5.74, 6) is 6.16. The van der Waals surface area contributed by atoms with E-state index in [1.165, 1.54) is 12.1 Å². The summed E-state index contributed by atoms with van der Waals surface area (Å²) in [6.07, 6.45) is 1.56. The lowest BCUT2D eigenvalue weighted by Crippen LogP contribution is -2.46. The highest BCUT2D eigenvalue weighted by Gasteiger charge is 2.24. The quantitative estimate of drug-likeness (QED) is 0.474. The molecule has 0 amide bonds. The van der Waals surface area contributed by atoms with E-state index in [1.807, 2.05) is 9.80 Å². The number of pyridine rings is 1. The Balaban J connectivity index is 1.64. The predicted molar refractivity (Wildman–Crippen MR) is 102 cm³/mol. The van der Waals surface area contributed by atoms with Crippen LogP contribution in [-0.2, 0) is 0 Å². The van der Waals surface area contributed by atoms with Gasteiger partial charge in [0.1, 0.15) is 5.82 Å². The number of allylic oxidation sites excluding steroid dienone is 1. The number of nitrogens with zero attached hydrogens (tertiary/aromatic N) is 4. The SMILES string of the molecule is C=C(C#Cc1ccc(F)c(C)c1)N1CCN(c2ncccc2[N+](=O)[O-])CC1. The minimum Gasteiger partial charge on any atom is -0.362 e. The third kappa shape index (κ3) is 4.23. The Morgan fingerprint density at radius 1 is 1.30 bits per heavy atom. The Bertz CT molecular complexity index is 940. The molecule has 1 aliphatic heterocycles. The van der Waals surface area contributed by atoms with Crippen molar-refractivity contribution in [3.63, 3.8) is 0 Å². The first-order valence-electron chi connectivity index (χ1n) is 8.52. The second kappa shape index (κ2) is 7.87. The van der Waals surface area contributed by atoms with E-state index in [2.05, 4.69) is 23.4 Å². The summed E-state index contributed by atoms with van der Waals surface area (Å²) < 4.78 is 13.3. The first-order valence-corrected chi connectivity index (χ1v) is 8.52. The molecular formula is C20H19FN4O2. The van der Waals surface area contributed by atoms with Crippen molar-refractivity contribution in [3.8, 4) is 11.8 Å². The molecule has 1 saturated heterocycles. The number of hydrogen-bond acceptors (Lipinski definition) is 5. The van der Waals surface area contributed by atoms with Gasteiger partial charge in [0.05, 0.1) is 10.6 Å². The summed E-state index contributed by atoms with van der Waals surface area (Å²) in [7, 11) is 0. The molecule has 0 aliphatic carbocycles. The van der Waals surface area contributed by atoms with E-state index in [1.54, 1.807) is 31.3 Å². The van der Waals surface area contributed by atoms with Crippen LogP contribution in [0.5, 0.6) is 0 Å². The number of piperazine rings is 1. The van der Waals surface area contributed by atoms with Gasteiger partial charge in [0, 0.05) is 44.0 Å². The van der Waals surface area contributed by atoms with Gasteiger partial charge in [-0.2, -0.15) is 0 Å². The van der Waals surface area contributed by atoms with Crippen molar-refractivity contribution in [2.75, 3.05) is 31.1 Å². The van der Waals surface area contributed by atoms with Crippen LogP contribution in [0.4, 0.5) is 15.9 Å². The van der Waals surface area contributed by atoms with Crippen LogP contribution in [0.3, 0.4) is 0 Å². The number of rotatable bonds is 3. The summed E-state index contributed by atoms with van der Waals surface area (Å²) in [4.78, 5) is 18.9. The molecule has 27 heavy (non-hydrogen) atoms. The zero-order valence-corrected chi connectivity index (χ0v) is 15.0. The number of halogens is 1. The molecule has 0 bridgehead atoms. The topological polar surface area (TPSA) is 62.5 Å². The van der Waals surface area contributed by atoms with Gasteiger partial charge in [-0.3, -0.25) is 10.1 Å². The molecule has 0 unspecified atom stereocenters. The van der Waals surface area contributed by atoms with Crippen LogP contribution < -0.4 is 4.90 Å². The number of anilines is 1. The number of benzene rings is 1. The maximum absolute atomic E-state index is 13.3. The lowest BCUT2D eigenvalue weighted by atomic mass is 10.1. The lowest BCUT2D eigenvalue weighted by molar-refractivity contribution is -0.384. The number of nitro groups is 1. The molecule has 0 atom stereocenters. The molecule has 7 heteroatoms. The Morgan fingerprint density at radius 3 is 2.70 bits per heavy atom. The summed E-state index contributed by atoms with van der Waals surface area (Å²) in [6, 6.07) is 7.77. The van der Waals surface area contributed by atoms with Crippen LogP contribution in [0.1, 0.15) is 11.1 Å². The second-order valence-corrected chi connectivity index (χ2v) is 6.24. The van der Waals surface area contributed by atoms with Crippen LogP contribution >= 0.6 is 0 Å². The molecular weight excluding hydrogens is 347 g/mol. The maximum Gasteiger partial charge on any atom is 0.311 e. The fourth-order valence-corrected chi connectivity index (χ4v) is 2.91. The van der Waals surface area contributed by atoms with E-state index >= 15 is 0 Å². The fraction of sp³-hybridized carbons (Fsp3) is 0.250. The minimum absolute atomic E-state index is 0.0104. The van der Waals surface area contributed by atoms with E-state index in [0.717, 1.165) is 5.56 Å². The van der Waals surface area contributed by atoms with Crippen LogP contribution in [0.15, 0.2) is 48.8 Å². The minimum atomic E-state index is -0.413. The molecule has 3 rings (SSSR count). The van der Waals surface area contributed by atoms with E-state index in [4.69, 9.17) is 0 Å². The fourth-order valence-electron chi connectivity index (χ4n) is 2.91. The van der Waals surface area contributed by atoms with Crippen molar-refractivity contribution >= 4 is 11.5 Å². The molecule has 1 aromatic carbocycles. The monoisotopic (exact) mass is 366 g/mol. The molecule has 6 nitrogen and oxygen atoms in total. The zero-order chi connectivity index (χ0) is 19.4. The Hall–Kier alpha value is -3.40. The van der Waals surface area contributed by atoms with Gasteiger partial charge in [0.15, 0.2) is 0 Å². The van der Waals surface area contributed by atoms with E-state index in [9.17, 15) is 14.5 Å². The molecule has 138 valence electrons. The summed E-state index contributed by atoms with van der Waals surface area (Å²) >= 11 is 0. The van der Waals surface area contributed by atoms with Gasteiger partial charge in [-0.25, -0.2) is 9.37 Å². The highest BCUT2D eigenvalue weighted by atomic mass is 19.1. The lowest BCUT2D eigenvalue weighted by Gasteiger charge is -2.35. The number of aryl methyl sites for hydroxylation is 1. The Kier molecular flexibility index (Phi) is 5.36. The molecule has 0 radical (unpaired) electrons. The maximum atomic E-state index is 13.3. The largest absolute Gasteiger partial charge is 0.362 e. The van der Waals surface area contributed by atoms with Crippen molar-refractivity contribution in [2.45, 2.75) is 6.92 Å². The van der Waals surface area contributed by atoms with E-state index in [0.29, 0.717) is 43.3 Å². The first-order chi connectivity index (χ1) is 13.0. The van der Waals surface area contributed by atoms with Gasteiger partial charge >= 0.3 is 5.69 Å². The van der Waals surface area contributed by atoms with Crippen molar-refractivity contribution in [1.82, 2.24) is 9.88 Å². The summed E-state index contributed by atoms with van der Waals surface area (Å²) in [6.45, 7) is 8.18. The predicted octanol–water partition coefficient (Wildman–Crippen LogP) is 3.12. The van der Waals surface area contributed by atoms with Crippen molar-refractivity contribution in [2.24, 2.45) is 0 Å². The van der Waals surface area contributed by atoms with Crippen LogP contribution in [0.25, 0.3) is 0 Å². The number of hydrogen-bond donors (Lipinski definition) is 0. The summed E-state index contributed by atoms with van der Waals surface area (Å²) in [5, 5.41) is 11.2. The molecule has 0 spiro atoms. The van der Waals surface area contributed by atoms with Crippen LogP contribution in [0.2, 0.25) is 0 Å². The van der Waals surface area contributed by atoms with Crippen molar-refractivity contribution in [3.05, 3.63) is 75.9 Å². The molecule has 1 aromatic heterocycles. The van der Waals surface area contributed by atoms with Gasteiger partial charge in [-0.15, -0.1) is 0 Å². The third-order valence-corrected chi connectivity index (χ3v) is 4.43. The van der Waals surface area contributed by atoms with E-state index in [-0.39, 0.29) is 11.5 Å². The normalized spacial score (nSPS) is 13.7. The Labute approximate surface area is 157 Å². The van der Waals surface area contributed by atoms with Gasteiger partial charge in [0.25, 0.3) is 0 Å². The Morgan fingerprint density at radius 2 is 2.04 bits per heavy atom. The molecule has 1 fully saturated rings. The standard InChI is InChI=1S/C20H19FN4O2/c1-15-14-17(7-8-18(15)21)6-5-16(2)23-10-12-24(13-11-23)20-19(25(26)27)4-3-9-22-20/h3-4,7-9,14H,2,10-13H2,1H3. The molecule has 1 aliphatic rings. The van der Waals surface area contributed by atoms with Crippen molar-refractivity contribution in [1.29, 1.82) is 0 Å². The first kappa shape index (κ1) is 18.4. The van der Waals surface area contributed by atoms with Gasteiger partial charge in [-0.05, 0) is 42.7 Å². The average Bonchev–Trinajstić information content (AvgIpc) is 2.68.